The Hall–Kier alpha value is -1.46. The van der Waals surface area contributed by atoms with E-state index in [9.17, 15) is 4.79 Å². The van der Waals surface area contributed by atoms with Gasteiger partial charge in [-0.3, -0.25) is 9.78 Å². The number of nitrogens with one attached hydrogen (secondary N) is 2. The minimum absolute atomic E-state index is 0.204. The molecule has 5 heteroatoms. The van der Waals surface area contributed by atoms with Crippen LogP contribution in [0.3, 0.4) is 0 Å². The van der Waals surface area contributed by atoms with Crippen LogP contribution in [-0.4, -0.2) is 35.2 Å². The van der Waals surface area contributed by atoms with E-state index in [2.05, 4.69) is 15.6 Å². The molecule has 1 aliphatic rings. The number of carboxylic acid groups (broad SMARTS) is 1. The first kappa shape index (κ1) is 10.1. The second-order valence-corrected chi connectivity index (χ2v) is 3.49. The predicted octanol–water partition coefficient (Wildman–Crippen LogP) is -0.231. The van der Waals surface area contributed by atoms with Crippen LogP contribution in [0.15, 0.2) is 24.5 Å². The van der Waals surface area contributed by atoms with Crippen LogP contribution in [-0.2, 0) is 4.79 Å². The van der Waals surface area contributed by atoms with Gasteiger partial charge in [0.25, 0.3) is 0 Å². The third-order valence-electron chi connectivity index (χ3n) is 2.50. The molecule has 0 amide bonds. The molecule has 0 aromatic carbocycles. The summed E-state index contributed by atoms with van der Waals surface area (Å²) in [6, 6.07) is 2.91. The molecule has 1 aromatic heterocycles. The smallest absolute Gasteiger partial charge is 0.322 e. The number of hydrogen-bond donors (Lipinski definition) is 3. The number of carbonyl (C=O) groups is 1. The summed E-state index contributed by atoms with van der Waals surface area (Å²) in [7, 11) is 0. The SMILES string of the molecule is O=C(O)C1NCCNC1c1cccnc1. The Balaban J connectivity index is 2.22. The molecule has 15 heavy (non-hydrogen) atoms. The highest BCUT2D eigenvalue weighted by atomic mass is 16.4. The zero-order chi connectivity index (χ0) is 10.7. The van der Waals surface area contributed by atoms with Crippen LogP contribution < -0.4 is 10.6 Å². The highest BCUT2D eigenvalue weighted by molar-refractivity contribution is 5.75. The molecule has 0 bridgehead atoms. The molecule has 0 aliphatic carbocycles. The number of carboxylic acids is 1. The Labute approximate surface area is 87.5 Å². The van der Waals surface area contributed by atoms with E-state index in [1.807, 2.05) is 12.1 Å². The number of nitrogens with zero attached hydrogens (tertiary/aromatic N) is 1. The zero-order valence-corrected chi connectivity index (χ0v) is 8.18. The lowest BCUT2D eigenvalue weighted by atomic mass is 9.99. The summed E-state index contributed by atoms with van der Waals surface area (Å²) in [6.45, 7) is 1.44. The largest absolute Gasteiger partial charge is 0.480 e. The molecular formula is C10H13N3O2. The lowest BCUT2D eigenvalue weighted by Crippen LogP contribution is -2.54. The summed E-state index contributed by atoms with van der Waals surface area (Å²) in [6.07, 6.45) is 3.37. The number of hydrogen-bond acceptors (Lipinski definition) is 4. The van der Waals surface area contributed by atoms with Crippen LogP contribution in [0.2, 0.25) is 0 Å². The van der Waals surface area contributed by atoms with Crippen molar-refractivity contribution in [2.45, 2.75) is 12.1 Å². The summed E-state index contributed by atoms with van der Waals surface area (Å²) in [5.41, 5.74) is 0.900. The highest BCUT2D eigenvalue weighted by Gasteiger charge is 2.31. The van der Waals surface area contributed by atoms with Gasteiger partial charge < -0.3 is 15.7 Å². The van der Waals surface area contributed by atoms with Crippen LogP contribution in [0.25, 0.3) is 0 Å². The molecule has 80 valence electrons. The van der Waals surface area contributed by atoms with Crippen molar-refractivity contribution in [2.24, 2.45) is 0 Å². The van der Waals surface area contributed by atoms with Crippen LogP contribution in [0.1, 0.15) is 11.6 Å². The minimum atomic E-state index is -0.837. The second kappa shape index (κ2) is 4.37. The topological polar surface area (TPSA) is 74.2 Å². The van der Waals surface area contributed by atoms with Crippen molar-refractivity contribution >= 4 is 5.97 Å². The van der Waals surface area contributed by atoms with E-state index in [-0.39, 0.29) is 6.04 Å². The Morgan fingerprint density at radius 1 is 1.47 bits per heavy atom. The molecule has 2 rings (SSSR count). The first-order valence-electron chi connectivity index (χ1n) is 4.88. The van der Waals surface area contributed by atoms with Gasteiger partial charge in [0, 0.05) is 25.5 Å². The fraction of sp³-hybridized carbons (Fsp3) is 0.400. The third-order valence-corrected chi connectivity index (χ3v) is 2.50. The second-order valence-electron chi connectivity index (χ2n) is 3.49. The van der Waals surface area contributed by atoms with Crippen molar-refractivity contribution < 1.29 is 9.90 Å². The molecule has 0 spiro atoms. The van der Waals surface area contributed by atoms with Gasteiger partial charge in [-0.2, -0.15) is 0 Å². The minimum Gasteiger partial charge on any atom is -0.480 e. The average molecular weight is 207 g/mol. The zero-order valence-electron chi connectivity index (χ0n) is 8.18. The predicted molar refractivity (Wildman–Crippen MR) is 54.4 cm³/mol. The normalized spacial score (nSPS) is 26.1. The molecule has 0 radical (unpaired) electrons. The van der Waals surface area contributed by atoms with Crippen molar-refractivity contribution in [2.75, 3.05) is 13.1 Å². The van der Waals surface area contributed by atoms with Gasteiger partial charge in [-0.25, -0.2) is 0 Å². The van der Waals surface area contributed by atoms with Crippen molar-refractivity contribution in [1.29, 1.82) is 0 Å². The summed E-state index contributed by atoms with van der Waals surface area (Å²) in [5, 5.41) is 15.2. The quantitative estimate of drug-likeness (QED) is 0.624. The van der Waals surface area contributed by atoms with Gasteiger partial charge in [-0.15, -0.1) is 0 Å². The third kappa shape index (κ3) is 2.14. The number of aliphatic carboxylic acids is 1. The van der Waals surface area contributed by atoms with Crippen LogP contribution >= 0.6 is 0 Å². The molecule has 1 aliphatic heterocycles. The Morgan fingerprint density at radius 2 is 2.27 bits per heavy atom. The van der Waals surface area contributed by atoms with Crippen LogP contribution in [0.5, 0.6) is 0 Å². The van der Waals surface area contributed by atoms with Gasteiger partial charge in [0.05, 0.1) is 6.04 Å². The first-order valence-corrected chi connectivity index (χ1v) is 4.88. The lowest BCUT2D eigenvalue weighted by Gasteiger charge is -2.30. The number of pyridine rings is 1. The van der Waals surface area contributed by atoms with Crippen molar-refractivity contribution in [3.05, 3.63) is 30.1 Å². The van der Waals surface area contributed by atoms with E-state index in [1.54, 1.807) is 12.4 Å². The van der Waals surface area contributed by atoms with Crippen molar-refractivity contribution in [3.63, 3.8) is 0 Å². The Kier molecular flexibility index (Phi) is 2.94. The molecule has 0 saturated carbocycles. The summed E-state index contributed by atoms with van der Waals surface area (Å²) < 4.78 is 0. The van der Waals surface area contributed by atoms with Crippen molar-refractivity contribution in [3.8, 4) is 0 Å². The monoisotopic (exact) mass is 207 g/mol. The van der Waals surface area contributed by atoms with E-state index >= 15 is 0 Å². The Bertz CT molecular complexity index is 342. The number of rotatable bonds is 2. The van der Waals surface area contributed by atoms with E-state index in [4.69, 9.17) is 5.11 Å². The molecule has 2 heterocycles. The average Bonchev–Trinajstić information content (AvgIpc) is 2.30. The molecule has 1 saturated heterocycles. The van der Waals surface area contributed by atoms with E-state index in [0.717, 1.165) is 12.1 Å². The molecular weight excluding hydrogens is 194 g/mol. The molecule has 1 fully saturated rings. The fourth-order valence-corrected chi connectivity index (χ4v) is 1.79. The van der Waals surface area contributed by atoms with E-state index in [1.165, 1.54) is 0 Å². The van der Waals surface area contributed by atoms with Gasteiger partial charge in [0.15, 0.2) is 0 Å². The van der Waals surface area contributed by atoms with Crippen LogP contribution in [0, 0.1) is 0 Å². The maximum atomic E-state index is 11.0. The van der Waals surface area contributed by atoms with Gasteiger partial charge in [0.2, 0.25) is 0 Å². The van der Waals surface area contributed by atoms with Gasteiger partial charge >= 0.3 is 5.97 Å². The molecule has 5 nitrogen and oxygen atoms in total. The van der Waals surface area contributed by atoms with E-state index < -0.39 is 12.0 Å². The van der Waals surface area contributed by atoms with Gasteiger partial charge in [-0.1, -0.05) is 6.07 Å². The summed E-state index contributed by atoms with van der Waals surface area (Å²) in [4.78, 5) is 15.0. The fourth-order valence-electron chi connectivity index (χ4n) is 1.79. The number of aromatic nitrogens is 1. The molecule has 2 unspecified atom stereocenters. The maximum absolute atomic E-state index is 11.0. The highest BCUT2D eigenvalue weighted by Crippen LogP contribution is 2.17. The maximum Gasteiger partial charge on any atom is 0.322 e. The number of piperazine rings is 1. The van der Waals surface area contributed by atoms with Crippen LogP contribution in [0.4, 0.5) is 0 Å². The van der Waals surface area contributed by atoms with Gasteiger partial charge in [-0.05, 0) is 11.6 Å². The van der Waals surface area contributed by atoms with E-state index in [0.29, 0.717) is 6.54 Å². The standard InChI is InChI=1S/C10H13N3O2/c14-10(15)9-8(12-4-5-13-9)7-2-1-3-11-6-7/h1-3,6,8-9,12-13H,4-5H2,(H,14,15). The van der Waals surface area contributed by atoms with Gasteiger partial charge in [0.1, 0.15) is 6.04 Å². The summed E-state index contributed by atoms with van der Waals surface area (Å²) >= 11 is 0. The lowest BCUT2D eigenvalue weighted by molar-refractivity contribution is -0.140. The summed E-state index contributed by atoms with van der Waals surface area (Å²) in [5.74, 6) is -0.837. The molecule has 1 aromatic rings. The Morgan fingerprint density at radius 3 is 2.93 bits per heavy atom. The molecule has 3 N–H and O–H groups in total. The first-order chi connectivity index (χ1) is 7.29. The molecule has 2 atom stereocenters. The van der Waals surface area contributed by atoms with Crippen molar-refractivity contribution in [1.82, 2.24) is 15.6 Å².